The SMILES string of the molecule is c1ccc(-c2ccccc2N(c2ccc3c(c2)C2(c4ccccc4Oc4ccccc42)c2ccccc2-3)c2cccc3c2-c2cc4ccccc4cc2C32c3ccccc3Sc3ccccc32)cc1. The van der Waals surface area contributed by atoms with Gasteiger partial charge in [-0.1, -0.05) is 200 Å². The van der Waals surface area contributed by atoms with Crippen molar-refractivity contribution in [3.05, 3.63) is 293 Å². The summed E-state index contributed by atoms with van der Waals surface area (Å²) in [6, 6.07) is 92.6. The van der Waals surface area contributed by atoms with Gasteiger partial charge in [0.05, 0.1) is 22.2 Å². The van der Waals surface area contributed by atoms with Crippen LogP contribution in [0.1, 0.15) is 44.5 Å². The zero-order valence-corrected chi connectivity index (χ0v) is 38.3. The molecule has 0 aromatic heterocycles. The fraction of sp³-hybridized carbons (Fsp3) is 0.0303. The Bertz CT molecular complexity index is 3850. The summed E-state index contributed by atoms with van der Waals surface area (Å²) >= 11 is 1.89. The molecule has 15 rings (SSSR count). The summed E-state index contributed by atoms with van der Waals surface area (Å²) < 4.78 is 6.78. The van der Waals surface area contributed by atoms with Crippen LogP contribution in [0.15, 0.2) is 259 Å². The summed E-state index contributed by atoms with van der Waals surface area (Å²) in [5.41, 5.74) is 19.5. The van der Waals surface area contributed by atoms with Gasteiger partial charge in [0.2, 0.25) is 0 Å². The number of benzene rings is 11. The molecule has 69 heavy (non-hydrogen) atoms. The minimum atomic E-state index is -0.626. The van der Waals surface area contributed by atoms with Gasteiger partial charge in [0.15, 0.2) is 0 Å². The van der Waals surface area contributed by atoms with Crippen LogP contribution in [0.3, 0.4) is 0 Å². The highest BCUT2D eigenvalue weighted by Crippen LogP contribution is 2.66. The Morgan fingerprint density at radius 1 is 0.319 bits per heavy atom. The average molecular weight is 896 g/mol. The van der Waals surface area contributed by atoms with Gasteiger partial charge >= 0.3 is 0 Å². The number of nitrogens with zero attached hydrogens (tertiary/aromatic N) is 1. The molecule has 2 aliphatic carbocycles. The normalized spacial score (nSPS) is 14.4. The van der Waals surface area contributed by atoms with Crippen molar-refractivity contribution in [3.63, 3.8) is 0 Å². The van der Waals surface area contributed by atoms with Crippen LogP contribution in [-0.4, -0.2) is 0 Å². The molecule has 0 saturated carbocycles. The van der Waals surface area contributed by atoms with Crippen molar-refractivity contribution < 1.29 is 4.74 Å². The van der Waals surface area contributed by atoms with Crippen molar-refractivity contribution in [2.45, 2.75) is 20.6 Å². The first-order chi connectivity index (χ1) is 34.2. The Morgan fingerprint density at radius 3 is 1.55 bits per heavy atom. The smallest absolute Gasteiger partial charge is 0.132 e. The summed E-state index contributed by atoms with van der Waals surface area (Å²) in [7, 11) is 0. The molecular formula is C66H41NOS. The largest absolute Gasteiger partial charge is 0.457 e. The van der Waals surface area contributed by atoms with E-state index in [-0.39, 0.29) is 0 Å². The van der Waals surface area contributed by atoms with Crippen LogP contribution in [0.25, 0.3) is 44.2 Å². The second-order valence-electron chi connectivity index (χ2n) is 18.6. The maximum atomic E-state index is 6.78. The Labute approximate surface area is 405 Å². The van der Waals surface area contributed by atoms with E-state index < -0.39 is 10.8 Å². The molecule has 2 heterocycles. The zero-order chi connectivity index (χ0) is 45.3. The molecule has 2 nitrogen and oxygen atoms in total. The fourth-order valence-corrected chi connectivity index (χ4v) is 13.9. The Morgan fingerprint density at radius 2 is 0.826 bits per heavy atom. The van der Waals surface area contributed by atoms with Crippen LogP contribution in [-0.2, 0) is 10.8 Å². The summed E-state index contributed by atoms with van der Waals surface area (Å²) in [5, 5.41) is 2.47. The standard InChI is InChI=1S/C66H41NOS/c1-2-19-42(20-3-1)46-23-7-13-31-58(46)67(45-37-38-48-47-24-6-8-25-50(47)65(57(48)41-45)51-26-9-14-33-60(51)68-61-34-15-10-27-52(61)65)59-32-18-30-55-64(59)49-39-43-21-4-5-22-44(43)40-56(49)66(55)53-28-11-16-35-62(53)69-63-36-17-12-29-54(63)66/h1-41H. The van der Waals surface area contributed by atoms with Gasteiger partial charge in [-0.05, 0) is 127 Å². The molecule has 4 aliphatic rings. The van der Waals surface area contributed by atoms with Crippen LogP contribution in [0.5, 0.6) is 11.5 Å². The van der Waals surface area contributed by atoms with Gasteiger partial charge in [0, 0.05) is 37.7 Å². The maximum absolute atomic E-state index is 6.78. The number of hydrogen-bond acceptors (Lipinski definition) is 3. The second kappa shape index (κ2) is 14.6. The van der Waals surface area contributed by atoms with Crippen LogP contribution in [0.2, 0.25) is 0 Å². The van der Waals surface area contributed by atoms with E-state index >= 15 is 0 Å². The summed E-state index contributed by atoms with van der Waals surface area (Å²) in [6.45, 7) is 0. The first-order valence-electron chi connectivity index (χ1n) is 23.8. The predicted octanol–water partition coefficient (Wildman–Crippen LogP) is 17.3. The van der Waals surface area contributed by atoms with E-state index in [9.17, 15) is 0 Å². The van der Waals surface area contributed by atoms with Crippen LogP contribution in [0.4, 0.5) is 17.1 Å². The molecule has 0 radical (unpaired) electrons. The summed E-state index contributed by atoms with van der Waals surface area (Å²) in [6.07, 6.45) is 0. The number of para-hydroxylation sites is 3. The van der Waals surface area contributed by atoms with Gasteiger partial charge in [-0.2, -0.15) is 0 Å². The van der Waals surface area contributed by atoms with E-state index in [0.29, 0.717) is 0 Å². The Balaban J connectivity index is 1.08. The van der Waals surface area contributed by atoms with Crippen molar-refractivity contribution in [2.24, 2.45) is 0 Å². The highest BCUT2D eigenvalue weighted by Gasteiger charge is 2.53. The number of fused-ring (bicyclic) bond motifs is 19. The van der Waals surface area contributed by atoms with Gasteiger partial charge in [-0.25, -0.2) is 0 Å². The quantitative estimate of drug-likeness (QED) is 0.175. The Hall–Kier alpha value is -8.37. The van der Waals surface area contributed by atoms with Gasteiger partial charge in [-0.15, -0.1) is 0 Å². The molecule has 11 aromatic carbocycles. The molecule has 0 atom stereocenters. The van der Waals surface area contributed by atoms with Crippen LogP contribution in [0, 0.1) is 0 Å². The van der Waals surface area contributed by atoms with E-state index in [4.69, 9.17) is 4.74 Å². The highest BCUT2D eigenvalue weighted by molar-refractivity contribution is 7.99. The lowest BCUT2D eigenvalue weighted by Gasteiger charge is -2.40. The van der Waals surface area contributed by atoms with Crippen molar-refractivity contribution in [2.75, 3.05) is 4.90 Å². The molecule has 322 valence electrons. The van der Waals surface area contributed by atoms with Crippen molar-refractivity contribution >= 4 is 39.6 Å². The molecule has 0 fully saturated rings. The Kier molecular flexibility index (Phi) is 8.17. The van der Waals surface area contributed by atoms with Gasteiger partial charge in [0.1, 0.15) is 11.5 Å². The average Bonchev–Trinajstić information content (AvgIpc) is 3.86. The van der Waals surface area contributed by atoms with Crippen LogP contribution >= 0.6 is 11.8 Å². The topological polar surface area (TPSA) is 12.5 Å². The third-order valence-corrected chi connectivity index (χ3v) is 16.5. The fourth-order valence-electron chi connectivity index (χ4n) is 12.7. The highest BCUT2D eigenvalue weighted by atomic mass is 32.2. The number of hydrogen-bond donors (Lipinski definition) is 0. The monoisotopic (exact) mass is 895 g/mol. The van der Waals surface area contributed by atoms with E-state index in [2.05, 4.69) is 254 Å². The third-order valence-electron chi connectivity index (χ3n) is 15.4. The van der Waals surface area contributed by atoms with Crippen LogP contribution < -0.4 is 9.64 Å². The minimum absolute atomic E-state index is 0.563. The third kappa shape index (κ3) is 5.17. The van der Waals surface area contributed by atoms with E-state index in [1.165, 1.54) is 76.2 Å². The molecule has 0 amide bonds. The number of ether oxygens (including phenoxy) is 1. The first kappa shape index (κ1) is 38.7. The van der Waals surface area contributed by atoms with E-state index in [0.717, 1.165) is 50.8 Å². The lowest BCUT2D eigenvalue weighted by Crippen LogP contribution is -2.32. The van der Waals surface area contributed by atoms with Crippen molar-refractivity contribution in [1.29, 1.82) is 0 Å². The van der Waals surface area contributed by atoms with E-state index in [1.54, 1.807) is 0 Å². The lowest BCUT2D eigenvalue weighted by atomic mass is 9.66. The summed E-state index contributed by atoms with van der Waals surface area (Å²) in [5.74, 6) is 1.77. The molecule has 2 aliphatic heterocycles. The van der Waals surface area contributed by atoms with E-state index in [1.807, 2.05) is 11.8 Å². The van der Waals surface area contributed by atoms with Gasteiger partial charge in [-0.3, -0.25) is 0 Å². The molecule has 0 unspecified atom stereocenters. The summed E-state index contributed by atoms with van der Waals surface area (Å²) in [4.78, 5) is 5.16. The minimum Gasteiger partial charge on any atom is -0.457 e. The molecule has 11 aromatic rings. The first-order valence-corrected chi connectivity index (χ1v) is 24.6. The van der Waals surface area contributed by atoms with Gasteiger partial charge in [0.25, 0.3) is 0 Å². The maximum Gasteiger partial charge on any atom is 0.132 e. The molecular weight excluding hydrogens is 855 g/mol. The molecule has 0 bridgehead atoms. The molecule has 2 spiro atoms. The number of anilines is 3. The molecule has 3 heteroatoms. The van der Waals surface area contributed by atoms with Crippen molar-refractivity contribution in [3.8, 4) is 44.9 Å². The zero-order valence-electron chi connectivity index (χ0n) is 37.4. The molecule has 0 N–H and O–H groups in total. The van der Waals surface area contributed by atoms with Crippen molar-refractivity contribution in [1.82, 2.24) is 0 Å². The second-order valence-corrected chi connectivity index (χ2v) is 19.7. The molecule has 0 saturated heterocycles. The lowest BCUT2D eigenvalue weighted by molar-refractivity contribution is 0.436. The number of rotatable bonds is 4. The van der Waals surface area contributed by atoms with Gasteiger partial charge < -0.3 is 9.64 Å². The predicted molar refractivity (Wildman–Crippen MR) is 283 cm³/mol.